The molecule has 100 valence electrons. The lowest BCUT2D eigenvalue weighted by Gasteiger charge is -2.02. The number of esters is 1. The summed E-state index contributed by atoms with van der Waals surface area (Å²) in [6, 6.07) is 2.12. The molecule has 0 radical (unpaired) electrons. The highest BCUT2D eigenvalue weighted by Gasteiger charge is 2.09. The maximum Gasteiger partial charge on any atom is 0.333 e. The van der Waals surface area contributed by atoms with E-state index < -0.39 is 17.6 Å². The van der Waals surface area contributed by atoms with Crippen LogP contribution in [0, 0.1) is 11.6 Å². The summed E-state index contributed by atoms with van der Waals surface area (Å²) in [5.74, 6) is -2.29. The minimum atomic E-state index is -0.931. The van der Waals surface area contributed by atoms with Gasteiger partial charge in [-0.3, -0.25) is 0 Å². The molecule has 0 saturated heterocycles. The topological polar surface area (TPSA) is 44.1 Å². The number of ether oxygens (including phenoxy) is 1. The van der Waals surface area contributed by atoms with Gasteiger partial charge in [0.1, 0.15) is 0 Å². The smallest absolute Gasteiger partial charge is 0.333 e. The maximum atomic E-state index is 13.2. The Balaban J connectivity index is 2.32. The summed E-state index contributed by atoms with van der Waals surface area (Å²) >= 11 is 0. The SMILES string of the molecule is COC(=O)C(C)=CCn1cnc2cc(F)c(F)cc21. The minimum Gasteiger partial charge on any atom is -0.466 e. The summed E-state index contributed by atoms with van der Waals surface area (Å²) in [4.78, 5) is 15.2. The standard InChI is InChI=1S/C13H12F2N2O2/c1-8(13(18)19-2)3-4-17-7-16-11-5-9(14)10(15)6-12(11)17/h3,5-7H,4H2,1-2H3. The van der Waals surface area contributed by atoms with Crippen LogP contribution in [0.4, 0.5) is 8.78 Å². The van der Waals surface area contributed by atoms with Crippen molar-refractivity contribution in [3.8, 4) is 0 Å². The van der Waals surface area contributed by atoms with E-state index in [1.165, 1.54) is 13.4 Å². The van der Waals surface area contributed by atoms with Crippen LogP contribution in [0.3, 0.4) is 0 Å². The maximum absolute atomic E-state index is 13.2. The second kappa shape index (κ2) is 5.17. The molecular weight excluding hydrogens is 254 g/mol. The Hall–Kier alpha value is -2.24. The molecule has 0 amide bonds. The first-order valence-corrected chi connectivity index (χ1v) is 5.58. The van der Waals surface area contributed by atoms with E-state index in [0.717, 1.165) is 12.1 Å². The van der Waals surface area contributed by atoms with E-state index in [0.29, 0.717) is 23.2 Å². The number of imidazole rings is 1. The summed E-state index contributed by atoms with van der Waals surface area (Å²) in [6.45, 7) is 1.94. The molecule has 0 N–H and O–H groups in total. The lowest BCUT2D eigenvalue weighted by atomic mass is 10.2. The van der Waals surface area contributed by atoms with Gasteiger partial charge in [0.05, 0.1) is 24.5 Å². The Morgan fingerprint density at radius 3 is 2.79 bits per heavy atom. The van der Waals surface area contributed by atoms with E-state index in [4.69, 9.17) is 0 Å². The first-order chi connectivity index (χ1) is 9.02. The second-order valence-corrected chi connectivity index (χ2v) is 4.03. The lowest BCUT2D eigenvalue weighted by Crippen LogP contribution is -2.03. The predicted octanol–water partition coefficient (Wildman–Crippen LogP) is 2.43. The average molecular weight is 266 g/mol. The van der Waals surface area contributed by atoms with Crippen LogP contribution in [0.2, 0.25) is 0 Å². The van der Waals surface area contributed by atoms with Gasteiger partial charge >= 0.3 is 5.97 Å². The number of fused-ring (bicyclic) bond motifs is 1. The largest absolute Gasteiger partial charge is 0.466 e. The zero-order valence-electron chi connectivity index (χ0n) is 10.5. The molecule has 19 heavy (non-hydrogen) atoms. The highest BCUT2D eigenvalue weighted by atomic mass is 19.2. The summed E-state index contributed by atoms with van der Waals surface area (Å²) < 4.78 is 32.4. The molecule has 0 fully saturated rings. The van der Waals surface area contributed by atoms with Crippen LogP contribution in [0.25, 0.3) is 11.0 Å². The van der Waals surface area contributed by atoms with Crippen LogP contribution >= 0.6 is 0 Å². The number of rotatable bonds is 3. The molecule has 0 aliphatic rings. The number of hydrogen-bond acceptors (Lipinski definition) is 3. The fourth-order valence-electron chi connectivity index (χ4n) is 1.68. The van der Waals surface area contributed by atoms with Crippen molar-refractivity contribution in [2.75, 3.05) is 7.11 Å². The van der Waals surface area contributed by atoms with Crippen molar-refractivity contribution >= 4 is 17.0 Å². The molecule has 2 aromatic rings. The summed E-state index contributed by atoms with van der Waals surface area (Å²) in [7, 11) is 1.30. The molecule has 0 spiro atoms. The van der Waals surface area contributed by atoms with Gasteiger partial charge in [-0.15, -0.1) is 0 Å². The number of benzene rings is 1. The molecule has 0 saturated carbocycles. The minimum absolute atomic E-state index is 0.322. The summed E-state index contributed by atoms with van der Waals surface area (Å²) in [5, 5.41) is 0. The number of nitrogens with zero attached hydrogens (tertiary/aromatic N) is 2. The van der Waals surface area contributed by atoms with E-state index in [1.807, 2.05) is 0 Å². The molecule has 0 atom stereocenters. The molecule has 1 aromatic heterocycles. The Labute approximate surface area is 108 Å². The fourth-order valence-corrected chi connectivity index (χ4v) is 1.68. The predicted molar refractivity (Wildman–Crippen MR) is 65.4 cm³/mol. The molecule has 1 aromatic carbocycles. The van der Waals surface area contributed by atoms with Gasteiger partial charge in [-0.2, -0.15) is 0 Å². The normalized spacial score (nSPS) is 11.9. The Bertz CT molecular complexity index is 662. The molecule has 4 nitrogen and oxygen atoms in total. The molecular formula is C13H12F2N2O2. The van der Waals surface area contributed by atoms with Gasteiger partial charge in [-0.05, 0) is 6.92 Å². The van der Waals surface area contributed by atoms with Gasteiger partial charge in [0.25, 0.3) is 0 Å². The number of carbonyl (C=O) groups excluding carboxylic acids is 1. The van der Waals surface area contributed by atoms with E-state index in [9.17, 15) is 13.6 Å². The highest BCUT2D eigenvalue weighted by Crippen LogP contribution is 2.17. The zero-order chi connectivity index (χ0) is 14.0. The molecule has 0 aliphatic heterocycles. The summed E-state index contributed by atoms with van der Waals surface area (Å²) in [6.07, 6.45) is 3.10. The summed E-state index contributed by atoms with van der Waals surface area (Å²) in [5.41, 5.74) is 1.27. The first-order valence-electron chi connectivity index (χ1n) is 5.58. The third-order valence-electron chi connectivity index (χ3n) is 2.76. The average Bonchev–Trinajstić information content (AvgIpc) is 2.78. The van der Waals surface area contributed by atoms with Gasteiger partial charge in [-0.25, -0.2) is 18.6 Å². The van der Waals surface area contributed by atoms with Crippen molar-refractivity contribution in [1.29, 1.82) is 0 Å². The number of aromatic nitrogens is 2. The van der Waals surface area contributed by atoms with Crippen LogP contribution in [-0.4, -0.2) is 22.6 Å². The fraction of sp³-hybridized carbons (Fsp3) is 0.231. The van der Waals surface area contributed by atoms with Gasteiger partial charge < -0.3 is 9.30 Å². The molecule has 0 unspecified atom stereocenters. The molecule has 6 heteroatoms. The molecule has 1 heterocycles. The number of carbonyl (C=O) groups is 1. The van der Waals surface area contributed by atoms with Gasteiger partial charge in [0.15, 0.2) is 11.6 Å². The van der Waals surface area contributed by atoms with Crippen LogP contribution < -0.4 is 0 Å². The zero-order valence-corrected chi connectivity index (χ0v) is 10.5. The number of allylic oxidation sites excluding steroid dienone is 1. The second-order valence-electron chi connectivity index (χ2n) is 4.03. The van der Waals surface area contributed by atoms with Crippen LogP contribution in [0.5, 0.6) is 0 Å². The lowest BCUT2D eigenvalue weighted by molar-refractivity contribution is -0.136. The Morgan fingerprint density at radius 2 is 2.11 bits per heavy atom. The van der Waals surface area contributed by atoms with Crippen LogP contribution in [-0.2, 0) is 16.1 Å². The Kier molecular flexibility index (Phi) is 3.59. The van der Waals surface area contributed by atoms with E-state index >= 15 is 0 Å². The van der Waals surface area contributed by atoms with Crippen molar-refractivity contribution in [1.82, 2.24) is 9.55 Å². The van der Waals surface area contributed by atoms with Gasteiger partial charge in [0.2, 0.25) is 0 Å². The van der Waals surface area contributed by atoms with Crippen molar-refractivity contribution in [2.24, 2.45) is 0 Å². The molecule has 2 rings (SSSR count). The monoisotopic (exact) mass is 266 g/mol. The van der Waals surface area contributed by atoms with Crippen molar-refractivity contribution < 1.29 is 18.3 Å². The quantitative estimate of drug-likeness (QED) is 0.633. The van der Waals surface area contributed by atoms with Crippen molar-refractivity contribution in [3.05, 3.63) is 41.7 Å². The van der Waals surface area contributed by atoms with E-state index in [-0.39, 0.29) is 0 Å². The van der Waals surface area contributed by atoms with E-state index in [2.05, 4.69) is 9.72 Å². The molecule has 0 aliphatic carbocycles. The Morgan fingerprint density at radius 1 is 1.42 bits per heavy atom. The number of methoxy groups -OCH3 is 1. The van der Waals surface area contributed by atoms with Gasteiger partial charge in [0, 0.05) is 24.3 Å². The van der Waals surface area contributed by atoms with Crippen molar-refractivity contribution in [3.63, 3.8) is 0 Å². The third kappa shape index (κ3) is 2.62. The molecule has 0 bridgehead atoms. The highest BCUT2D eigenvalue weighted by molar-refractivity contribution is 5.87. The first kappa shape index (κ1) is 13.2. The number of halogens is 2. The number of hydrogen-bond donors (Lipinski definition) is 0. The van der Waals surface area contributed by atoms with E-state index in [1.54, 1.807) is 17.6 Å². The van der Waals surface area contributed by atoms with Crippen LogP contribution in [0.15, 0.2) is 30.1 Å². The van der Waals surface area contributed by atoms with Crippen LogP contribution in [0.1, 0.15) is 6.92 Å². The third-order valence-corrected chi connectivity index (χ3v) is 2.76. The van der Waals surface area contributed by atoms with Gasteiger partial charge in [-0.1, -0.05) is 6.08 Å². The van der Waals surface area contributed by atoms with Crippen molar-refractivity contribution in [2.45, 2.75) is 13.5 Å².